The van der Waals surface area contributed by atoms with E-state index in [1.165, 1.54) is 16.8 Å². The molecule has 0 aromatic carbocycles. The molecule has 7 heteroatoms. The fourth-order valence-corrected chi connectivity index (χ4v) is 1.39. The minimum atomic E-state index is -1.64. The van der Waals surface area contributed by atoms with Crippen LogP contribution >= 0.6 is 0 Å². The van der Waals surface area contributed by atoms with Crippen LogP contribution in [-0.2, 0) is 32.7 Å². The van der Waals surface area contributed by atoms with Gasteiger partial charge in [0, 0.05) is 50.8 Å². The summed E-state index contributed by atoms with van der Waals surface area (Å²) in [7, 11) is -1.64. The van der Waals surface area contributed by atoms with Crippen molar-refractivity contribution in [2.75, 3.05) is 0 Å². The van der Waals surface area contributed by atoms with Gasteiger partial charge in [-0.1, -0.05) is 27.0 Å². The smallest absolute Gasteiger partial charge is 0.423 e. The Morgan fingerprint density at radius 1 is 1.35 bits per heavy atom. The van der Waals surface area contributed by atoms with Crippen molar-refractivity contribution in [2.24, 2.45) is 0 Å². The summed E-state index contributed by atoms with van der Waals surface area (Å²) in [6.07, 6.45) is 3.05. The first kappa shape index (κ1) is 19.2. The molecule has 0 amide bonds. The maximum Gasteiger partial charge on any atom is 0.488 e. The average molecular weight is 348 g/mol. The van der Waals surface area contributed by atoms with Crippen LogP contribution < -0.4 is 11.0 Å². The molecule has 0 atom stereocenters. The number of hydrogen-bond acceptors (Lipinski definition) is 4. The first-order valence-corrected chi connectivity index (χ1v) is 6.01. The van der Waals surface area contributed by atoms with Gasteiger partial charge in [0.1, 0.15) is 0 Å². The molecule has 20 heavy (non-hydrogen) atoms. The maximum atomic E-state index is 11.7. The van der Waals surface area contributed by atoms with Gasteiger partial charge in [-0.2, -0.15) is 6.07 Å². The molecule has 2 N–H and O–H groups in total. The molecule has 0 saturated carbocycles. The van der Waals surface area contributed by atoms with Crippen LogP contribution in [0.5, 0.6) is 0 Å². The summed E-state index contributed by atoms with van der Waals surface area (Å²) in [5.41, 5.74) is 0.659. The molecule has 0 aliphatic carbocycles. The third-order valence-corrected chi connectivity index (χ3v) is 2.31. The van der Waals surface area contributed by atoms with Crippen molar-refractivity contribution in [2.45, 2.75) is 20.8 Å². The molecule has 2 heterocycles. The van der Waals surface area contributed by atoms with Gasteiger partial charge in [-0.05, 0) is 11.5 Å². The van der Waals surface area contributed by atoms with E-state index in [0.717, 1.165) is 11.6 Å². The van der Waals surface area contributed by atoms with E-state index >= 15 is 0 Å². The van der Waals surface area contributed by atoms with E-state index in [2.05, 4.69) is 11.1 Å². The number of rotatable bonds is 2. The molecule has 0 fully saturated rings. The second kappa shape index (κ2) is 9.18. The fraction of sp³-hybridized carbons (Fsp3) is 0.231. The molecule has 0 aliphatic rings. The zero-order chi connectivity index (χ0) is 14.4. The molecule has 1 radical (unpaired) electrons. The first-order valence-electron chi connectivity index (χ1n) is 6.01. The van der Waals surface area contributed by atoms with Crippen LogP contribution in [0.3, 0.4) is 0 Å². The number of nitrogens with zero attached hydrogens (tertiary/aromatic N) is 2. The minimum Gasteiger partial charge on any atom is -0.423 e. The van der Waals surface area contributed by atoms with Gasteiger partial charge in [-0.15, -0.1) is 11.6 Å². The van der Waals surface area contributed by atoms with Crippen LogP contribution in [0.15, 0.2) is 35.4 Å². The largest absolute Gasteiger partial charge is 0.488 e. The Morgan fingerprint density at radius 2 is 2.00 bits per heavy atom. The van der Waals surface area contributed by atoms with Crippen molar-refractivity contribution in [3.8, 4) is 5.82 Å². The predicted octanol–water partition coefficient (Wildman–Crippen LogP) is 0.0446. The van der Waals surface area contributed by atoms with Gasteiger partial charge in [-0.3, -0.25) is 4.79 Å². The Kier molecular flexibility index (Phi) is 8.81. The zero-order valence-corrected chi connectivity index (χ0v) is 14.6. The Balaban J connectivity index is 0.00000115. The molecule has 103 valence electrons. The third-order valence-electron chi connectivity index (χ3n) is 2.31. The van der Waals surface area contributed by atoms with Gasteiger partial charge in [0.05, 0.1) is 0 Å². The first-order chi connectivity index (χ1) is 9.08. The molecule has 2 rings (SSSR count). The summed E-state index contributed by atoms with van der Waals surface area (Å²) in [6.45, 7) is 5.85. The van der Waals surface area contributed by atoms with Crippen molar-refractivity contribution in [1.29, 1.82) is 0 Å². The molecular weight excluding hydrogens is 332 g/mol. The Bertz CT molecular complexity index is 585. The Labute approximate surface area is 143 Å². The molecule has 0 aliphatic heterocycles. The van der Waals surface area contributed by atoms with Crippen LogP contribution in [0.2, 0.25) is 0 Å². The molecule has 2 aromatic rings. The second-order valence-corrected chi connectivity index (χ2v) is 3.63. The maximum absolute atomic E-state index is 11.7. The third kappa shape index (κ3) is 4.94. The van der Waals surface area contributed by atoms with Gasteiger partial charge >= 0.3 is 7.12 Å². The van der Waals surface area contributed by atoms with Gasteiger partial charge in [0.25, 0.3) is 0 Å². The second-order valence-electron chi connectivity index (χ2n) is 3.63. The van der Waals surface area contributed by atoms with E-state index in [0.29, 0.717) is 5.82 Å². The average Bonchev–Trinajstić information content (AvgIpc) is 2.42. The molecule has 0 unspecified atom stereocenters. The summed E-state index contributed by atoms with van der Waals surface area (Å²) in [5, 5.41) is 17.9. The molecule has 0 saturated heterocycles. The topological polar surface area (TPSA) is 75.3 Å². The monoisotopic (exact) mass is 348 g/mol. The molecule has 0 spiro atoms. The van der Waals surface area contributed by atoms with E-state index in [1.54, 1.807) is 12.3 Å². The van der Waals surface area contributed by atoms with Crippen molar-refractivity contribution in [3.05, 3.63) is 52.6 Å². The van der Waals surface area contributed by atoms with Gasteiger partial charge in [0.2, 0.25) is 5.56 Å². The fourth-order valence-electron chi connectivity index (χ4n) is 1.39. The van der Waals surface area contributed by atoms with Crippen LogP contribution in [0.25, 0.3) is 5.82 Å². The van der Waals surface area contributed by atoms with Gasteiger partial charge in [0.15, 0.2) is 0 Å². The van der Waals surface area contributed by atoms with E-state index in [1.807, 2.05) is 20.8 Å². The van der Waals surface area contributed by atoms with E-state index in [-0.39, 0.29) is 43.7 Å². The van der Waals surface area contributed by atoms with Crippen molar-refractivity contribution in [1.82, 2.24) is 9.55 Å². The SMILES string of the molecule is CC.Cc1[c-]cc(-n2ccc(B(O)O)cc2=O)nc1.[Y]. The number of hydrogen-bond donors (Lipinski definition) is 2. The van der Waals surface area contributed by atoms with Gasteiger partial charge in [-0.25, -0.2) is 0 Å². The predicted molar refractivity (Wildman–Crippen MR) is 74.6 cm³/mol. The van der Waals surface area contributed by atoms with E-state index in [9.17, 15) is 4.79 Å². The van der Waals surface area contributed by atoms with Crippen LogP contribution in [-0.4, -0.2) is 26.7 Å². The van der Waals surface area contributed by atoms with Crippen molar-refractivity contribution >= 4 is 12.6 Å². The summed E-state index contributed by atoms with van der Waals surface area (Å²) in [6, 6.07) is 7.16. The Hall–Kier alpha value is -0.811. The minimum absolute atomic E-state index is 0. The normalized spacial score (nSPS) is 9.05. The number of aryl methyl sites for hydroxylation is 1. The zero-order valence-electron chi connectivity index (χ0n) is 11.7. The molecule has 2 aromatic heterocycles. The molecule has 5 nitrogen and oxygen atoms in total. The summed E-state index contributed by atoms with van der Waals surface area (Å²) in [5.74, 6) is 0.444. The standard InChI is InChI=1S/C11H10BN2O3.C2H6.Y/c1-8-2-3-10(13-7-8)14-5-4-9(12(16)17)6-11(14)15;1-2;/h3-7,16-17H,1H3;1-2H3;/q-1;;. The summed E-state index contributed by atoms with van der Waals surface area (Å²) in [4.78, 5) is 15.8. The van der Waals surface area contributed by atoms with Gasteiger partial charge < -0.3 is 19.6 Å². The quantitative estimate of drug-likeness (QED) is 0.594. The van der Waals surface area contributed by atoms with Crippen molar-refractivity contribution in [3.63, 3.8) is 0 Å². The summed E-state index contributed by atoms with van der Waals surface area (Å²) < 4.78 is 1.31. The van der Waals surface area contributed by atoms with E-state index < -0.39 is 7.12 Å². The van der Waals surface area contributed by atoms with Crippen LogP contribution in [0, 0.1) is 13.0 Å². The Morgan fingerprint density at radius 3 is 2.45 bits per heavy atom. The van der Waals surface area contributed by atoms with Crippen LogP contribution in [0.1, 0.15) is 19.4 Å². The number of pyridine rings is 2. The number of aromatic nitrogens is 2. The molecular formula is C13H16BN2O3Y-. The van der Waals surface area contributed by atoms with E-state index in [4.69, 9.17) is 10.0 Å². The van der Waals surface area contributed by atoms with Crippen LogP contribution in [0.4, 0.5) is 0 Å². The van der Waals surface area contributed by atoms with Crippen molar-refractivity contribution < 1.29 is 42.8 Å². The summed E-state index contributed by atoms with van der Waals surface area (Å²) >= 11 is 0. The molecule has 0 bridgehead atoms.